The van der Waals surface area contributed by atoms with E-state index in [9.17, 15) is 0 Å². The molecule has 1 aliphatic rings. The molecular weight excluding hydrogens is 607 g/mol. The third-order valence-electron chi connectivity index (χ3n) is 10.3. The predicted octanol–water partition coefficient (Wildman–Crippen LogP) is 14.2. The Morgan fingerprint density at radius 1 is 0.604 bits per heavy atom. The fraction of sp³-hybridized carbons (Fsp3) is 0.814. The molecule has 1 aromatic rings. The van der Waals surface area contributed by atoms with Gasteiger partial charge in [-0.05, 0) is 18.6 Å². The number of thiocarbonyl (C=S) groups is 1. The van der Waals surface area contributed by atoms with Gasteiger partial charge in [0.2, 0.25) is 0 Å². The molecule has 0 amide bonds. The lowest BCUT2D eigenvalue weighted by Crippen LogP contribution is -2.41. The first-order valence-electron chi connectivity index (χ1n) is 21.0. The van der Waals surface area contributed by atoms with Crippen molar-refractivity contribution in [3.63, 3.8) is 0 Å². The minimum atomic E-state index is -0.0690. The molecule has 1 aliphatic heterocycles. The van der Waals surface area contributed by atoms with Crippen LogP contribution in [0.15, 0.2) is 29.4 Å². The first kappa shape index (κ1) is 42.5. The van der Waals surface area contributed by atoms with E-state index in [-0.39, 0.29) is 6.17 Å². The molecule has 0 fully saturated rings. The fourth-order valence-electron chi connectivity index (χ4n) is 7.23. The second-order valence-corrected chi connectivity index (χ2v) is 14.9. The molecule has 0 saturated carbocycles. The number of nitrogens with one attached hydrogen (secondary N) is 1. The molecule has 0 saturated heterocycles. The first-order chi connectivity index (χ1) is 23.8. The Labute approximate surface area is 304 Å². The van der Waals surface area contributed by atoms with Gasteiger partial charge in [0.25, 0.3) is 0 Å². The largest absolute Gasteiger partial charge is 0.497 e. The van der Waals surface area contributed by atoms with E-state index in [2.05, 4.69) is 34.5 Å². The number of unbranched alkanes of at least 4 members (excludes halogenated alkanes) is 30. The van der Waals surface area contributed by atoms with Crippen molar-refractivity contribution >= 4 is 29.1 Å². The van der Waals surface area contributed by atoms with Gasteiger partial charge in [-0.15, -0.1) is 0 Å². The van der Waals surface area contributed by atoms with Crippen molar-refractivity contribution < 1.29 is 4.74 Å². The van der Waals surface area contributed by atoms with E-state index in [1.807, 2.05) is 12.1 Å². The van der Waals surface area contributed by atoms with Crippen molar-refractivity contribution in [2.45, 2.75) is 219 Å². The van der Waals surface area contributed by atoms with E-state index < -0.39 is 0 Å². The molecule has 0 aromatic heterocycles. The minimum Gasteiger partial charge on any atom is -0.497 e. The van der Waals surface area contributed by atoms with Crippen molar-refractivity contribution in [1.29, 1.82) is 0 Å². The Morgan fingerprint density at radius 3 is 1.33 bits per heavy atom. The van der Waals surface area contributed by atoms with Gasteiger partial charge < -0.3 is 9.64 Å². The number of hydrogen-bond donors (Lipinski definition) is 1. The van der Waals surface area contributed by atoms with Gasteiger partial charge in [-0.2, -0.15) is 5.10 Å². The Hall–Kier alpha value is -1.62. The van der Waals surface area contributed by atoms with Gasteiger partial charge in [0, 0.05) is 23.5 Å². The van der Waals surface area contributed by atoms with Gasteiger partial charge in [0.05, 0.1) is 7.11 Å². The van der Waals surface area contributed by atoms with Crippen LogP contribution in [0.3, 0.4) is 0 Å². The lowest BCUT2D eigenvalue weighted by molar-refractivity contribution is 0.415. The average molecular weight is 684 g/mol. The number of rotatable bonds is 35. The number of methoxy groups -OCH3 is 1. The van der Waals surface area contributed by atoms with E-state index in [0.29, 0.717) is 0 Å². The van der Waals surface area contributed by atoms with Gasteiger partial charge in [-0.25, -0.2) is 0 Å². The van der Waals surface area contributed by atoms with Gasteiger partial charge >= 0.3 is 0 Å². The van der Waals surface area contributed by atoms with E-state index in [0.717, 1.165) is 23.7 Å². The zero-order chi connectivity index (χ0) is 34.2. The molecule has 1 aromatic carbocycles. The topological polar surface area (TPSA) is 36.9 Å². The number of hydrogen-bond acceptors (Lipinski definition) is 5. The van der Waals surface area contributed by atoms with Crippen molar-refractivity contribution in [3.8, 4) is 5.75 Å². The van der Waals surface area contributed by atoms with Crippen molar-refractivity contribution in [1.82, 2.24) is 5.43 Å². The van der Waals surface area contributed by atoms with Gasteiger partial charge in [-0.3, -0.25) is 5.43 Å². The standard InChI is InChI=1S/C43H77N3OS/c1-3-4-5-6-7-8-9-10-11-12-13-14-15-16-17-18-19-20-21-22-23-24-25-26-27-28-29-30-31-32-33-37-42-44-45-43(39-48)46(42)40-35-34-36-41(38-40)47-2/h34-36,38-39,43,45H,3-33,37H2,1-2H3. The summed E-state index contributed by atoms with van der Waals surface area (Å²) < 4.78 is 5.42. The highest BCUT2D eigenvalue weighted by Gasteiger charge is 2.27. The molecule has 0 aliphatic carbocycles. The SMILES string of the molecule is CCCCCCCCCCCCCCCCCCCCCCCCCCCCCCCCCC1=NNC(C=S)N1c1cccc(OC)c1. The average Bonchev–Trinajstić information content (AvgIpc) is 3.53. The quantitative estimate of drug-likeness (QED) is 0.0571. The highest BCUT2D eigenvalue weighted by atomic mass is 32.1. The molecule has 0 spiro atoms. The van der Waals surface area contributed by atoms with E-state index in [4.69, 9.17) is 17.0 Å². The Bertz CT molecular complexity index is 906. The van der Waals surface area contributed by atoms with E-state index >= 15 is 0 Å². The highest BCUT2D eigenvalue weighted by Crippen LogP contribution is 2.26. The fourth-order valence-corrected chi connectivity index (χ4v) is 7.42. The van der Waals surface area contributed by atoms with Gasteiger partial charge in [0.15, 0.2) is 0 Å². The van der Waals surface area contributed by atoms with Crippen molar-refractivity contribution in [3.05, 3.63) is 24.3 Å². The normalized spacial score (nSPS) is 14.3. The van der Waals surface area contributed by atoms with Gasteiger partial charge in [-0.1, -0.05) is 218 Å². The number of nitrogens with zero attached hydrogens (tertiary/aromatic N) is 2. The summed E-state index contributed by atoms with van der Waals surface area (Å²) in [6.07, 6.45) is 45.4. The summed E-state index contributed by atoms with van der Waals surface area (Å²) in [5.41, 5.74) is 4.25. The molecule has 1 N–H and O–H groups in total. The third kappa shape index (κ3) is 21.5. The zero-order valence-electron chi connectivity index (χ0n) is 31.8. The Kier molecular flexibility index (Phi) is 27.8. The highest BCUT2D eigenvalue weighted by molar-refractivity contribution is 7.79. The third-order valence-corrected chi connectivity index (χ3v) is 10.6. The summed E-state index contributed by atoms with van der Waals surface area (Å²) in [6, 6.07) is 8.14. The Morgan fingerprint density at radius 2 is 0.979 bits per heavy atom. The molecule has 2 rings (SSSR count). The molecule has 276 valence electrons. The van der Waals surface area contributed by atoms with Crippen LogP contribution in [0.25, 0.3) is 0 Å². The van der Waals surface area contributed by atoms with Crippen molar-refractivity contribution in [2.75, 3.05) is 12.0 Å². The summed E-state index contributed by atoms with van der Waals surface area (Å²) in [4.78, 5) is 2.21. The predicted molar refractivity (Wildman–Crippen MR) is 217 cm³/mol. The summed E-state index contributed by atoms with van der Waals surface area (Å²) >= 11 is 5.26. The lowest BCUT2D eigenvalue weighted by Gasteiger charge is -2.25. The monoisotopic (exact) mass is 684 g/mol. The number of benzene rings is 1. The van der Waals surface area contributed by atoms with Crippen LogP contribution in [-0.4, -0.2) is 24.5 Å². The maximum Gasteiger partial charge on any atom is 0.150 e. The second kappa shape index (κ2) is 31.4. The molecule has 0 radical (unpaired) electrons. The zero-order valence-corrected chi connectivity index (χ0v) is 32.6. The summed E-state index contributed by atoms with van der Waals surface area (Å²) in [7, 11) is 1.71. The van der Waals surface area contributed by atoms with Crippen LogP contribution in [0, 0.1) is 0 Å². The molecule has 1 atom stereocenters. The lowest BCUT2D eigenvalue weighted by atomic mass is 10.0. The summed E-state index contributed by atoms with van der Waals surface area (Å²) in [5.74, 6) is 1.93. The molecule has 4 nitrogen and oxygen atoms in total. The smallest absolute Gasteiger partial charge is 0.150 e. The summed E-state index contributed by atoms with van der Waals surface area (Å²) in [6.45, 7) is 2.31. The maximum atomic E-state index is 5.42. The van der Waals surface area contributed by atoms with Crippen LogP contribution in [0.4, 0.5) is 5.69 Å². The molecule has 5 heteroatoms. The van der Waals surface area contributed by atoms with E-state index in [1.54, 1.807) is 12.5 Å². The maximum absolute atomic E-state index is 5.42. The van der Waals surface area contributed by atoms with E-state index in [1.165, 1.54) is 199 Å². The molecule has 0 bridgehead atoms. The number of anilines is 1. The molecule has 1 heterocycles. The van der Waals surface area contributed by atoms with Crippen molar-refractivity contribution in [2.24, 2.45) is 5.10 Å². The summed E-state index contributed by atoms with van der Waals surface area (Å²) in [5, 5.41) is 6.34. The molecular formula is C43H77N3OS. The van der Waals surface area contributed by atoms with Crippen LogP contribution >= 0.6 is 12.2 Å². The minimum absolute atomic E-state index is 0.0690. The number of amidine groups is 1. The number of ether oxygens (including phenoxy) is 1. The number of hydrazone groups is 1. The van der Waals surface area contributed by atoms with Gasteiger partial charge in [0.1, 0.15) is 17.8 Å². The molecule has 1 unspecified atom stereocenters. The Balaban J connectivity index is 1.26. The van der Waals surface area contributed by atoms with Crippen LogP contribution < -0.4 is 15.1 Å². The van der Waals surface area contributed by atoms with Crippen LogP contribution in [-0.2, 0) is 0 Å². The second-order valence-electron chi connectivity index (χ2n) is 14.7. The molecule has 48 heavy (non-hydrogen) atoms. The van der Waals surface area contributed by atoms with Crippen LogP contribution in [0.1, 0.15) is 212 Å². The first-order valence-corrected chi connectivity index (χ1v) is 21.5. The van der Waals surface area contributed by atoms with Crippen LogP contribution in [0.2, 0.25) is 0 Å². The van der Waals surface area contributed by atoms with Crippen LogP contribution in [0.5, 0.6) is 5.75 Å².